The van der Waals surface area contributed by atoms with Crippen LogP contribution in [-0.2, 0) is 9.53 Å². The van der Waals surface area contributed by atoms with Gasteiger partial charge in [-0.25, -0.2) is 9.59 Å². The zero-order valence-electron chi connectivity index (χ0n) is 15.0. The van der Waals surface area contributed by atoms with E-state index in [-0.39, 0.29) is 11.7 Å². The van der Waals surface area contributed by atoms with Crippen molar-refractivity contribution >= 4 is 24.0 Å². The molecule has 1 fully saturated rings. The number of aryl methyl sites for hydroxylation is 2. The number of methoxy groups -OCH3 is 1. The van der Waals surface area contributed by atoms with Gasteiger partial charge >= 0.3 is 12.0 Å². The molecular weight excluding hydrogens is 334 g/mol. The molecule has 3 amide bonds. The van der Waals surface area contributed by atoms with Gasteiger partial charge in [-0.3, -0.25) is 10.1 Å². The molecule has 0 radical (unpaired) electrons. The lowest BCUT2D eigenvalue weighted by Gasteiger charge is -2.14. The molecule has 3 rings (SSSR count). The molecule has 1 aliphatic rings. The number of esters is 1. The van der Waals surface area contributed by atoms with Crippen molar-refractivity contribution in [2.45, 2.75) is 20.8 Å². The molecule has 0 spiro atoms. The molecule has 7 heteroatoms. The van der Waals surface area contributed by atoms with Gasteiger partial charge in [-0.2, -0.15) is 0 Å². The van der Waals surface area contributed by atoms with Gasteiger partial charge in [0.15, 0.2) is 0 Å². The Labute approximate surface area is 150 Å². The quantitative estimate of drug-likeness (QED) is 0.504. The van der Waals surface area contributed by atoms with E-state index in [1.165, 1.54) is 7.11 Å². The standard InChI is InChI=1S/C19H19N3O4/c1-10-7-13(18(24)26-4)5-6-16(10)22-11(2)8-14(12(22)3)9-15-17(23)21-19(25)20-15/h5-9H,1-4H3,(H2,20,21,23,25)/b15-9+. The minimum Gasteiger partial charge on any atom is -0.465 e. The molecule has 26 heavy (non-hydrogen) atoms. The number of nitrogens with zero attached hydrogens (tertiary/aromatic N) is 1. The number of urea groups is 1. The van der Waals surface area contributed by atoms with Crippen LogP contribution in [0.25, 0.3) is 11.8 Å². The molecule has 1 saturated heterocycles. The van der Waals surface area contributed by atoms with Gasteiger partial charge in [-0.1, -0.05) is 0 Å². The second-order valence-electron chi connectivity index (χ2n) is 6.12. The van der Waals surface area contributed by atoms with E-state index in [2.05, 4.69) is 10.6 Å². The lowest BCUT2D eigenvalue weighted by molar-refractivity contribution is -0.115. The average Bonchev–Trinajstić information content (AvgIpc) is 3.05. The van der Waals surface area contributed by atoms with Gasteiger partial charge < -0.3 is 14.6 Å². The molecule has 0 bridgehead atoms. The normalized spacial score (nSPS) is 15.2. The first-order chi connectivity index (χ1) is 12.3. The Balaban J connectivity index is 2.04. The van der Waals surface area contributed by atoms with E-state index in [0.29, 0.717) is 5.56 Å². The number of amides is 3. The highest BCUT2D eigenvalue weighted by atomic mass is 16.5. The Morgan fingerprint density at radius 3 is 2.42 bits per heavy atom. The summed E-state index contributed by atoms with van der Waals surface area (Å²) in [5.41, 5.74) is 5.26. The van der Waals surface area contributed by atoms with Crippen LogP contribution in [0.1, 0.15) is 32.9 Å². The number of benzene rings is 1. The van der Waals surface area contributed by atoms with E-state index in [1.807, 2.05) is 37.5 Å². The lowest BCUT2D eigenvalue weighted by atomic mass is 10.1. The van der Waals surface area contributed by atoms with Crippen molar-refractivity contribution in [2.75, 3.05) is 7.11 Å². The Morgan fingerprint density at radius 1 is 1.12 bits per heavy atom. The topological polar surface area (TPSA) is 89.4 Å². The average molecular weight is 353 g/mol. The lowest BCUT2D eigenvalue weighted by Crippen LogP contribution is -2.22. The molecule has 0 unspecified atom stereocenters. The van der Waals surface area contributed by atoms with Crippen LogP contribution < -0.4 is 10.6 Å². The number of carbonyl (C=O) groups excluding carboxylic acids is 3. The summed E-state index contributed by atoms with van der Waals surface area (Å²) in [5, 5.41) is 4.67. The van der Waals surface area contributed by atoms with Gasteiger partial charge in [0.2, 0.25) is 0 Å². The van der Waals surface area contributed by atoms with E-state index >= 15 is 0 Å². The molecule has 2 heterocycles. The molecule has 1 aliphatic heterocycles. The SMILES string of the molecule is COC(=O)c1ccc(-n2c(C)cc(/C=C3/NC(=O)NC3=O)c2C)c(C)c1. The van der Waals surface area contributed by atoms with Crippen molar-refractivity contribution in [3.05, 3.63) is 58.0 Å². The molecule has 7 nitrogen and oxygen atoms in total. The number of rotatable bonds is 3. The second-order valence-corrected chi connectivity index (χ2v) is 6.12. The zero-order chi connectivity index (χ0) is 19.0. The van der Waals surface area contributed by atoms with Crippen LogP contribution in [-0.4, -0.2) is 29.6 Å². The smallest absolute Gasteiger partial charge is 0.337 e. The highest BCUT2D eigenvalue weighted by molar-refractivity contribution is 6.14. The molecule has 0 atom stereocenters. The van der Waals surface area contributed by atoms with Crippen molar-refractivity contribution in [3.8, 4) is 5.69 Å². The largest absolute Gasteiger partial charge is 0.465 e. The molecule has 1 aromatic carbocycles. The van der Waals surface area contributed by atoms with Gasteiger partial charge in [0.1, 0.15) is 5.70 Å². The predicted molar refractivity (Wildman–Crippen MR) is 96.0 cm³/mol. The van der Waals surface area contributed by atoms with Gasteiger partial charge in [0.05, 0.1) is 12.7 Å². The monoisotopic (exact) mass is 353 g/mol. The number of hydrogen-bond donors (Lipinski definition) is 2. The number of imide groups is 1. The Morgan fingerprint density at radius 2 is 1.85 bits per heavy atom. The van der Waals surface area contributed by atoms with Gasteiger partial charge in [0, 0.05) is 17.1 Å². The molecule has 1 aromatic heterocycles. The summed E-state index contributed by atoms with van der Waals surface area (Å²) in [6.45, 7) is 5.81. The van der Waals surface area contributed by atoms with E-state index < -0.39 is 11.9 Å². The number of nitrogens with one attached hydrogen (secondary N) is 2. The maximum Gasteiger partial charge on any atom is 0.337 e. The Hall–Kier alpha value is -3.35. The van der Waals surface area contributed by atoms with Crippen LogP contribution in [0.3, 0.4) is 0 Å². The minimum atomic E-state index is -0.524. The summed E-state index contributed by atoms with van der Waals surface area (Å²) in [4.78, 5) is 34.7. The first-order valence-corrected chi connectivity index (χ1v) is 8.04. The fourth-order valence-electron chi connectivity index (χ4n) is 3.09. The predicted octanol–water partition coefficient (Wildman–Crippen LogP) is 2.37. The number of hydrogen-bond acceptors (Lipinski definition) is 4. The van der Waals surface area contributed by atoms with Gasteiger partial charge in [0.25, 0.3) is 5.91 Å². The van der Waals surface area contributed by atoms with E-state index in [1.54, 1.807) is 18.2 Å². The second kappa shape index (κ2) is 6.51. The maximum atomic E-state index is 11.7. The summed E-state index contributed by atoms with van der Waals surface area (Å²) in [6.07, 6.45) is 1.65. The first kappa shape index (κ1) is 17.5. The van der Waals surface area contributed by atoms with Crippen molar-refractivity contribution < 1.29 is 19.1 Å². The van der Waals surface area contributed by atoms with Crippen molar-refractivity contribution in [2.24, 2.45) is 0 Å². The first-order valence-electron chi connectivity index (χ1n) is 8.04. The zero-order valence-corrected chi connectivity index (χ0v) is 15.0. The third-order valence-electron chi connectivity index (χ3n) is 4.35. The van der Waals surface area contributed by atoms with Crippen LogP contribution in [0.5, 0.6) is 0 Å². The molecular formula is C19H19N3O4. The maximum absolute atomic E-state index is 11.7. The van der Waals surface area contributed by atoms with Gasteiger partial charge in [-0.15, -0.1) is 0 Å². The van der Waals surface area contributed by atoms with Crippen LogP contribution in [0.4, 0.5) is 4.79 Å². The number of ether oxygens (including phenoxy) is 1. The molecule has 0 aliphatic carbocycles. The van der Waals surface area contributed by atoms with Crippen molar-refractivity contribution in [3.63, 3.8) is 0 Å². The highest BCUT2D eigenvalue weighted by Crippen LogP contribution is 2.25. The van der Waals surface area contributed by atoms with Crippen molar-refractivity contribution in [1.29, 1.82) is 0 Å². The summed E-state index contributed by atoms with van der Waals surface area (Å²) in [5.74, 6) is -0.826. The van der Waals surface area contributed by atoms with Crippen LogP contribution >= 0.6 is 0 Å². The van der Waals surface area contributed by atoms with Crippen molar-refractivity contribution in [1.82, 2.24) is 15.2 Å². The molecule has 0 saturated carbocycles. The van der Waals surface area contributed by atoms with Crippen LogP contribution in [0.2, 0.25) is 0 Å². The Bertz CT molecular complexity index is 969. The number of aromatic nitrogens is 1. The van der Waals surface area contributed by atoms with E-state index in [9.17, 15) is 14.4 Å². The van der Waals surface area contributed by atoms with Crippen LogP contribution in [0, 0.1) is 20.8 Å². The third kappa shape index (κ3) is 2.99. The molecule has 2 aromatic rings. The fraction of sp³-hybridized carbons (Fsp3) is 0.211. The van der Waals surface area contributed by atoms with Gasteiger partial charge in [-0.05, 0) is 62.2 Å². The molecule has 134 valence electrons. The summed E-state index contributed by atoms with van der Waals surface area (Å²) in [6, 6.07) is 6.78. The summed E-state index contributed by atoms with van der Waals surface area (Å²) < 4.78 is 6.79. The summed E-state index contributed by atoms with van der Waals surface area (Å²) in [7, 11) is 1.35. The highest BCUT2D eigenvalue weighted by Gasteiger charge is 2.23. The number of carbonyl (C=O) groups is 3. The molecule has 2 N–H and O–H groups in total. The Kier molecular flexibility index (Phi) is 4.38. The van der Waals surface area contributed by atoms with E-state index in [4.69, 9.17) is 4.74 Å². The summed E-state index contributed by atoms with van der Waals surface area (Å²) >= 11 is 0. The fourth-order valence-corrected chi connectivity index (χ4v) is 3.09. The third-order valence-corrected chi connectivity index (χ3v) is 4.35. The minimum absolute atomic E-state index is 0.216. The van der Waals surface area contributed by atoms with E-state index in [0.717, 1.165) is 28.2 Å². The van der Waals surface area contributed by atoms with Crippen LogP contribution in [0.15, 0.2) is 30.0 Å².